The minimum absolute atomic E-state index is 0.0266. The summed E-state index contributed by atoms with van der Waals surface area (Å²) in [5.41, 5.74) is 1.76. The van der Waals surface area contributed by atoms with Gasteiger partial charge in [-0.05, 0) is 42.8 Å². The number of nitrogens with one attached hydrogen (secondary N) is 1. The summed E-state index contributed by atoms with van der Waals surface area (Å²) in [6.07, 6.45) is -4.97. The summed E-state index contributed by atoms with van der Waals surface area (Å²) >= 11 is 11.8. The van der Waals surface area contributed by atoms with Crippen LogP contribution in [0.25, 0.3) is 22.6 Å². The predicted molar refractivity (Wildman–Crippen MR) is 88.9 cm³/mol. The van der Waals surface area contributed by atoms with E-state index in [1.807, 2.05) is 0 Å². The molecule has 0 spiro atoms. The van der Waals surface area contributed by atoms with Gasteiger partial charge in [-0.3, -0.25) is 4.79 Å². The van der Waals surface area contributed by atoms with Gasteiger partial charge in [-0.1, -0.05) is 23.2 Å². The Kier molecular flexibility index (Phi) is 4.38. The molecule has 0 bridgehead atoms. The second kappa shape index (κ2) is 6.24. The Morgan fingerprint density at radius 3 is 2.52 bits per heavy atom. The van der Waals surface area contributed by atoms with Gasteiger partial charge in [0.2, 0.25) is 5.89 Å². The van der Waals surface area contributed by atoms with Crippen LogP contribution in [0.2, 0.25) is 10.0 Å². The molecule has 0 radical (unpaired) electrons. The van der Waals surface area contributed by atoms with Crippen molar-refractivity contribution < 1.29 is 22.4 Å². The van der Waals surface area contributed by atoms with Crippen LogP contribution >= 0.6 is 23.2 Å². The molecule has 0 aliphatic heterocycles. The number of fused-ring (bicyclic) bond motifs is 1. The lowest BCUT2D eigenvalue weighted by atomic mass is 10.2. The van der Waals surface area contributed by atoms with E-state index in [-0.39, 0.29) is 11.6 Å². The molecule has 0 aliphatic rings. The van der Waals surface area contributed by atoms with Gasteiger partial charge in [0.25, 0.3) is 0 Å². The van der Waals surface area contributed by atoms with Gasteiger partial charge in [-0.2, -0.15) is 13.2 Å². The average Bonchev–Trinajstić information content (AvgIpc) is 2.93. The Bertz CT molecular complexity index is 983. The molecular formula is C16H9Cl2F3N2O2. The topological polar surface area (TPSA) is 55.1 Å². The first-order chi connectivity index (χ1) is 11.6. The van der Waals surface area contributed by atoms with Crippen LogP contribution in [0.3, 0.4) is 0 Å². The van der Waals surface area contributed by atoms with Crippen LogP contribution in [0.1, 0.15) is 5.56 Å². The lowest BCUT2D eigenvalue weighted by molar-refractivity contribution is -0.167. The molecule has 0 aliphatic carbocycles. The average molecular weight is 389 g/mol. The lowest BCUT2D eigenvalue weighted by Crippen LogP contribution is -2.29. The third-order valence-electron chi connectivity index (χ3n) is 3.36. The number of rotatable bonds is 2. The van der Waals surface area contributed by atoms with Gasteiger partial charge >= 0.3 is 12.1 Å². The zero-order chi connectivity index (χ0) is 18.4. The van der Waals surface area contributed by atoms with E-state index in [0.717, 1.165) is 0 Å². The Morgan fingerprint density at radius 1 is 1.16 bits per heavy atom. The van der Waals surface area contributed by atoms with Crippen molar-refractivity contribution in [2.75, 3.05) is 5.32 Å². The molecule has 1 heterocycles. The zero-order valence-electron chi connectivity index (χ0n) is 12.5. The van der Waals surface area contributed by atoms with Crippen molar-refractivity contribution in [3.63, 3.8) is 0 Å². The number of alkyl halides is 3. The van der Waals surface area contributed by atoms with Crippen LogP contribution in [-0.4, -0.2) is 17.1 Å². The number of amides is 1. The van der Waals surface area contributed by atoms with Crippen molar-refractivity contribution in [2.24, 2.45) is 0 Å². The largest absolute Gasteiger partial charge is 0.471 e. The quantitative estimate of drug-likeness (QED) is 0.620. The van der Waals surface area contributed by atoms with Gasteiger partial charge in [0.15, 0.2) is 5.58 Å². The van der Waals surface area contributed by atoms with Gasteiger partial charge < -0.3 is 9.73 Å². The fourth-order valence-corrected chi connectivity index (χ4v) is 2.52. The summed E-state index contributed by atoms with van der Waals surface area (Å²) in [5.74, 6) is -1.82. The van der Waals surface area contributed by atoms with Crippen LogP contribution in [-0.2, 0) is 4.79 Å². The Hall–Kier alpha value is -2.25. The number of aryl methyl sites for hydroxylation is 1. The van der Waals surface area contributed by atoms with Gasteiger partial charge in [-0.25, -0.2) is 4.98 Å². The molecule has 0 fully saturated rings. The van der Waals surface area contributed by atoms with Crippen molar-refractivity contribution in [2.45, 2.75) is 13.1 Å². The van der Waals surface area contributed by atoms with E-state index in [4.69, 9.17) is 27.6 Å². The number of halogens is 5. The number of oxazole rings is 1. The lowest BCUT2D eigenvalue weighted by Gasteiger charge is -2.08. The van der Waals surface area contributed by atoms with Crippen LogP contribution in [0.5, 0.6) is 0 Å². The molecule has 9 heteroatoms. The minimum atomic E-state index is -4.97. The Labute approximate surface area is 149 Å². The van der Waals surface area contributed by atoms with Crippen LogP contribution < -0.4 is 5.32 Å². The SMILES string of the molecule is Cc1cc(NC(=O)C(F)(F)F)cc2nc(-c3ccc(Cl)c(Cl)c3)oc12. The Balaban J connectivity index is 2.01. The smallest absolute Gasteiger partial charge is 0.436 e. The number of anilines is 1. The number of hydrogen-bond acceptors (Lipinski definition) is 3. The highest BCUT2D eigenvalue weighted by Gasteiger charge is 2.38. The van der Waals surface area contributed by atoms with Crippen LogP contribution in [0.4, 0.5) is 18.9 Å². The van der Waals surface area contributed by atoms with E-state index in [0.29, 0.717) is 32.3 Å². The fourth-order valence-electron chi connectivity index (χ4n) is 2.23. The van der Waals surface area contributed by atoms with Crippen molar-refractivity contribution in [1.82, 2.24) is 4.98 Å². The summed E-state index contributed by atoms with van der Waals surface area (Å²) in [7, 11) is 0. The molecule has 3 rings (SSSR count). The van der Waals surface area contributed by atoms with E-state index in [1.165, 1.54) is 12.1 Å². The molecule has 130 valence electrons. The molecule has 3 aromatic rings. The van der Waals surface area contributed by atoms with E-state index in [1.54, 1.807) is 30.4 Å². The number of benzene rings is 2. The number of carbonyl (C=O) groups excluding carboxylic acids is 1. The minimum Gasteiger partial charge on any atom is -0.436 e. The monoisotopic (exact) mass is 388 g/mol. The second-order valence-corrected chi connectivity index (χ2v) is 6.06. The number of carbonyl (C=O) groups is 1. The van der Waals surface area contributed by atoms with E-state index in [2.05, 4.69) is 4.98 Å². The van der Waals surface area contributed by atoms with Crippen LogP contribution in [0.15, 0.2) is 34.7 Å². The highest BCUT2D eigenvalue weighted by atomic mass is 35.5. The Morgan fingerprint density at radius 2 is 1.88 bits per heavy atom. The number of nitrogens with zero attached hydrogens (tertiary/aromatic N) is 1. The molecule has 2 aromatic carbocycles. The van der Waals surface area contributed by atoms with Crippen molar-refractivity contribution >= 4 is 45.9 Å². The van der Waals surface area contributed by atoms with E-state index >= 15 is 0 Å². The molecule has 1 N–H and O–H groups in total. The number of hydrogen-bond donors (Lipinski definition) is 1. The normalized spacial score (nSPS) is 11.8. The first kappa shape index (κ1) is 17.6. The fraction of sp³-hybridized carbons (Fsp3) is 0.125. The number of aromatic nitrogens is 1. The molecule has 1 amide bonds. The third-order valence-corrected chi connectivity index (χ3v) is 4.10. The first-order valence-corrected chi connectivity index (χ1v) is 7.65. The van der Waals surface area contributed by atoms with Crippen molar-refractivity contribution in [3.8, 4) is 11.5 Å². The molecule has 0 atom stereocenters. The maximum atomic E-state index is 12.4. The summed E-state index contributed by atoms with van der Waals surface area (Å²) < 4.78 is 42.8. The van der Waals surface area contributed by atoms with E-state index in [9.17, 15) is 18.0 Å². The second-order valence-electron chi connectivity index (χ2n) is 5.24. The van der Waals surface area contributed by atoms with Crippen LogP contribution in [0, 0.1) is 6.92 Å². The summed E-state index contributed by atoms with van der Waals surface area (Å²) in [6, 6.07) is 7.47. The maximum absolute atomic E-state index is 12.4. The predicted octanol–water partition coefficient (Wildman–Crippen LogP) is 5.61. The molecular weight excluding hydrogens is 380 g/mol. The summed E-state index contributed by atoms with van der Waals surface area (Å²) in [4.78, 5) is 15.3. The molecule has 0 unspecified atom stereocenters. The van der Waals surface area contributed by atoms with Gasteiger partial charge in [0.1, 0.15) is 5.52 Å². The standard InChI is InChI=1S/C16H9Cl2F3N2O2/c1-7-4-9(22-15(24)16(19,20)21)6-12-13(7)25-14(23-12)8-2-3-10(17)11(18)5-8/h2-6H,1H3,(H,22,24). The molecule has 25 heavy (non-hydrogen) atoms. The van der Waals surface area contributed by atoms with Crippen molar-refractivity contribution in [3.05, 3.63) is 45.9 Å². The highest BCUT2D eigenvalue weighted by molar-refractivity contribution is 6.42. The molecule has 4 nitrogen and oxygen atoms in total. The van der Waals surface area contributed by atoms with E-state index < -0.39 is 12.1 Å². The van der Waals surface area contributed by atoms with Gasteiger partial charge in [-0.15, -0.1) is 0 Å². The maximum Gasteiger partial charge on any atom is 0.471 e. The van der Waals surface area contributed by atoms with Gasteiger partial charge in [0, 0.05) is 11.3 Å². The summed E-state index contributed by atoms with van der Waals surface area (Å²) in [6.45, 7) is 1.63. The molecule has 0 saturated heterocycles. The summed E-state index contributed by atoms with van der Waals surface area (Å²) in [5, 5.41) is 2.48. The third kappa shape index (κ3) is 3.57. The van der Waals surface area contributed by atoms with Crippen molar-refractivity contribution in [1.29, 1.82) is 0 Å². The molecule has 0 saturated carbocycles. The highest BCUT2D eigenvalue weighted by Crippen LogP contribution is 2.32. The van der Waals surface area contributed by atoms with Gasteiger partial charge in [0.05, 0.1) is 10.0 Å². The first-order valence-electron chi connectivity index (χ1n) is 6.90. The zero-order valence-corrected chi connectivity index (χ0v) is 14.1. The molecule has 1 aromatic heterocycles.